The van der Waals surface area contributed by atoms with Crippen molar-refractivity contribution >= 4 is 16.7 Å². The van der Waals surface area contributed by atoms with E-state index in [9.17, 15) is 9.59 Å². The van der Waals surface area contributed by atoms with E-state index in [0.29, 0.717) is 34.4 Å². The Balaban J connectivity index is 2.35. The van der Waals surface area contributed by atoms with Gasteiger partial charge in [0.25, 0.3) is 11.5 Å². The van der Waals surface area contributed by atoms with Crippen LogP contribution in [0.4, 0.5) is 0 Å². The third-order valence-electron chi connectivity index (χ3n) is 4.94. The number of fused-ring (bicyclic) bond motifs is 1. The van der Waals surface area contributed by atoms with Crippen LogP contribution in [-0.4, -0.2) is 38.8 Å². The van der Waals surface area contributed by atoms with Gasteiger partial charge in [0.2, 0.25) is 0 Å². The van der Waals surface area contributed by atoms with Crippen LogP contribution < -0.4 is 25.7 Å². The lowest BCUT2D eigenvalue weighted by Gasteiger charge is -2.17. The lowest BCUT2D eigenvalue weighted by Crippen LogP contribution is -2.19. The van der Waals surface area contributed by atoms with Gasteiger partial charge in [-0.25, -0.2) is 0 Å². The highest BCUT2D eigenvalue weighted by Gasteiger charge is 2.17. The Morgan fingerprint density at radius 1 is 1.03 bits per heavy atom. The summed E-state index contributed by atoms with van der Waals surface area (Å²) in [4.78, 5) is 24.8. The van der Waals surface area contributed by atoms with Crippen molar-refractivity contribution < 1.29 is 14.3 Å². The van der Waals surface area contributed by atoms with Crippen molar-refractivity contribution in [3.05, 3.63) is 58.0 Å². The topological polar surface area (TPSA) is 81.6 Å². The fourth-order valence-electron chi connectivity index (χ4n) is 3.47. The van der Waals surface area contributed by atoms with Crippen LogP contribution >= 0.6 is 0 Å². The number of nitrogens with zero attached hydrogens (tertiary/aromatic N) is 1. The van der Waals surface area contributed by atoms with E-state index in [0.717, 1.165) is 16.7 Å². The highest BCUT2D eigenvalue weighted by Crippen LogP contribution is 2.37. The molecule has 0 spiro atoms. The second-order valence-corrected chi connectivity index (χ2v) is 6.69. The molecule has 0 unspecified atom stereocenters. The van der Waals surface area contributed by atoms with E-state index in [1.807, 2.05) is 19.2 Å². The fraction of sp³-hybridized carbons (Fsp3) is 0.273. The number of nitrogens with one attached hydrogen (secondary N) is 2. The Kier molecular flexibility index (Phi) is 5.89. The summed E-state index contributed by atoms with van der Waals surface area (Å²) >= 11 is 0. The first-order valence-electron chi connectivity index (χ1n) is 9.20. The number of benzene rings is 2. The van der Waals surface area contributed by atoms with Gasteiger partial charge in [-0.15, -0.1) is 0 Å². The Morgan fingerprint density at radius 2 is 1.69 bits per heavy atom. The maximum Gasteiger partial charge on any atom is 0.258 e. The van der Waals surface area contributed by atoms with Crippen LogP contribution in [0.15, 0.2) is 41.3 Å². The predicted molar refractivity (Wildman–Crippen MR) is 114 cm³/mol. The molecule has 0 aliphatic heterocycles. The zero-order valence-corrected chi connectivity index (χ0v) is 17.3. The van der Waals surface area contributed by atoms with E-state index in [1.165, 1.54) is 4.57 Å². The molecular weight excluding hydrogens is 370 g/mol. The van der Waals surface area contributed by atoms with Crippen LogP contribution in [0.5, 0.6) is 11.5 Å². The van der Waals surface area contributed by atoms with E-state index >= 15 is 0 Å². The zero-order valence-electron chi connectivity index (χ0n) is 17.3. The van der Waals surface area contributed by atoms with Gasteiger partial charge in [0.05, 0.1) is 14.2 Å². The molecule has 1 aromatic heterocycles. The zero-order chi connectivity index (χ0) is 21.1. The maximum absolute atomic E-state index is 12.7. The molecule has 0 atom stereocenters. The highest BCUT2D eigenvalue weighted by atomic mass is 16.5. The van der Waals surface area contributed by atoms with Crippen LogP contribution in [0.2, 0.25) is 0 Å². The average Bonchev–Trinajstić information content (AvgIpc) is 2.75. The van der Waals surface area contributed by atoms with Crippen molar-refractivity contribution in [2.24, 2.45) is 7.05 Å². The number of hydrogen-bond acceptors (Lipinski definition) is 5. The van der Waals surface area contributed by atoms with Crippen molar-refractivity contribution in [2.75, 3.05) is 28.3 Å². The third kappa shape index (κ3) is 3.69. The molecule has 1 amide bonds. The molecule has 2 aromatic carbocycles. The summed E-state index contributed by atoms with van der Waals surface area (Å²) in [5.41, 5.74) is 2.90. The van der Waals surface area contributed by atoms with Crippen molar-refractivity contribution in [3.8, 4) is 22.6 Å². The molecule has 0 bridgehead atoms. The largest absolute Gasteiger partial charge is 0.496 e. The minimum Gasteiger partial charge on any atom is -0.496 e. The number of carbonyl (C=O) groups excluding carboxylic acids is 1. The summed E-state index contributed by atoms with van der Waals surface area (Å²) in [7, 11) is 8.36. The molecule has 0 radical (unpaired) electrons. The van der Waals surface area contributed by atoms with E-state index in [2.05, 4.69) is 10.6 Å². The van der Waals surface area contributed by atoms with E-state index in [-0.39, 0.29) is 11.5 Å². The van der Waals surface area contributed by atoms with Crippen molar-refractivity contribution in [3.63, 3.8) is 0 Å². The first-order chi connectivity index (χ1) is 13.9. The predicted octanol–water partition coefficient (Wildman–Crippen LogP) is 2.30. The number of amides is 1. The molecule has 0 saturated heterocycles. The summed E-state index contributed by atoms with van der Waals surface area (Å²) in [5.74, 6) is 1.15. The minimum absolute atomic E-state index is 0.127. The van der Waals surface area contributed by atoms with Crippen LogP contribution in [0.1, 0.15) is 15.9 Å². The molecule has 2 N–H and O–H groups in total. The van der Waals surface area contributed by atoms with Crippen LogP contribution in [-0.2, 0) is 13.6 Å². The fourth-order valence-corrected chi connectivity index (χ4v) is 3.47. The molecule has 0 aliphatic carbocycles. The van der Waals surface area contributed by atoms with Crippen molar-refractivity contribution in [1.29, 1.82) is 0 Å². The highest BCUT2D eigenvalue weighted by molar-refractivity contribution is 6.03. The molecular formula is C22H25N3O4. The molecule has 1 heterocycles. The number of aromatic nitrogens is 1. The van der Waals surface area contributed by atoms with E-state index in [4.69, 9.17) is 9.47 Å². The number of pyridine rings is 1. The van der Waals surface area contributed by atoms with Gasteiger partial charge >= 0.3 is 0 Å². The summed E-state index contributed by atoms with van der Waals surface area (Å²) in [6.45, 7) is 0.585. The van der Waals surface area contributed by atoms with Gasteiger partial charge in [0.15, 0.2) is 0 Å². The Bertz CT molecular complexity index is 1110. The van der Waals surface area contributed by atoms with Gasteiger partial charge < -0.3 is 24.7 Å². The first kappa shape index (κ1) is 20.4. The SMILES string of the molecule is CNCc1c(OC)cc(-c2cn(C)c(=O)c3ccc(C(=O)NC)cc23)cc1OC. The summed E-state index contributed by atoms with van der Waals surface area (Å²) in [6, 6.07) is 8.92. The molecule has 3 rings (SSSR count). The van der Waals surface area contributed by atoms with Gasteiger partial charge in [0.1, 0.15) is 11.5 Å². The molecule has 0 aliphatic rings. The van der Waals surface area contributed by atoms with Gasteiger partial charge in [-0.05, 0) is 48.3 Å². The third-order valence-corrected chi connectivity index (χ3v) is 4.94. The first-order valence-corrected chi connectivity index (χ1v) is 9.20. The molecule has 7 heteroatoms. The number of aryl methyl sites for hydroxylation is 1. The van der Waals surface area contributed by atoms with Gasteiger partial charge in [0, 0.05) is 48.9 Å². The Labute approximate surface area is 169 Å². The second-order valence-electron chi connectivity index (χ2n) is 6.69. The summed E-state index contributed by atoms with van der Waals surface area (Å²) < 4.78 is 12.7. The maximum atomic E-state index is 12.7. The molecule has 7 nitrogen and oxygen atoms in total. The second kappa shape index (κ2) is 8.36. The quantitative estimate of drug-likeness (QED) is 0.669. The van der Waals surface area contributed by atoms with Crippen molar-refractivity contribution in [2.45, 2.75) is 6.54 Å². The standard InChI is InChI=1S/C22H25N3O4/c1-23-11-17-19(28-4)9-14(10-20(17)29-5)18-12-25(3)22(27)15-7-6-13(8-16(15)18)21(26)24-2/h6-10,12,23H,11H2,1-5H3,(H,24,26). The smallest absolute Gasteiger partial charge is 0.258 e. The number of ether oxygens (including phenoxy) is 2. The molecule has 3 aromatic rings. The van der Waals surface area contributed by atoms with Crippen LogP contribution in [0.3, 0.4) is 0 Å². The van der Waals surface area contributed by atoms with Crippen LogP contribution in [0, 0.1) is 0 Å². The number of carbonyl (C=O) groups is 1. The van der Waals surface area contributed by atoms with Gasteiger partial charge in [-0.2, -0.15) is 0 Å². The van der Waals surface area contributed by atoms with Crippen LogP contribution in [0.25, 0.3) is 21.9 Å². The van der Waals surface area contributed by atoms with E-state index in [1.54, 1.807) is 52.7 Å². The Morgan fingerprint density at radius 3 is 2.24 bits per heavy atom. The monoisotopic (exact) mass is 395 g/mol. The minimum atomic E-state index is -0.210. The normalized spacial score (nSPS) is 10.8. The van der Waals surface area contributed by atoms with Gasteiger partial charge in [-0.3, -0.25) is 9.59 Å². The average molecular weight is 395 g/mol. The van der Waals surface area contributed by atoms with Gasteiger partial charge in [-0.1, -0.05) is 0 Å². The molecule has 0 fully saturated rings. The number of rotatable bonds is 6. The lowest BCUT2D eigenvalue weighted by atomic mass is 9.96. The summed E-state index contributed by atoms with van der Waals surface area (Å²) in [6.07, 6.45) is 1.77. The summed E-state index contributed by atoms with van der Waals surface area (Å²) in [5, 5.41) is 6.97. The van der Waals surface area contributed by atoms with Crippen molar-refractivity contribution in [1.82, 2.24) is 15.2 Å². The lowest BCUT2D eigenvalue weighted by molar-refractivity contribution is 0.0963. The van der Waals surface area contributed by atoms with E-state index < -0.39 is 0 Å². The molecule has 152 valence electrons. The molecule has 29 heavy (non-hydrogen) atoms. The number of methoxy groups -OCH3 is 2. The number of hydrogen-bond donors (Lipinski definition) is 2. The molecule has 0 saturated carbocycles. The Hall–Kier alpha value is -3.32.